The molecule has 0 aliphatic carbocycles. The molecule has 0 bridgehead atoms. The van der Waals surface area contributed by atoms with Crippen LogP contribution in [0, 0.1) is 5.82 Å². The van der Waals surface area contributed by atoms with Gasteiger partial charge in [-0.25, -0.2) is 9.18 Å². The van der Waals surface area contributed by atoms with Crippen LogP contribution in [0.15, 0.2) is 42.5 Å². The molecule has 1 amide bonds. The molecule has 9 heteroatoms. The predicted molar refractivity (Wildman–Crippen MR) is 111 cm³/mol. The minimum atomic E-state index is -0.470. The van der Waals surface area contributed by atoms with Crippen LogP contribution in [0.1, 0.15) is 20.7 Å². The summed E-state index contributed by atoms with van der Waals surface area (Å²) in [5.74, 6) is -0.371. The number of fused-ring (bicyclic) bond motifs is 1. The topological polar surface area (TPSA) is 83.5 Å². The number of rotatable bonds is 5. The zero-order chi connectivity index (χ0) is 22.7. The highest BCUT2D eigenvalue weighted by atomic mass is 19.1. The minimum absolute atomic E-state index is 0.190. The third kappa shape index (κ3) is 4.68. The lowest BCUT2D eigenvalue weighted by Crippen LogP contribution is -2.33. The number of halogens is 1. The number of esters is 1. The van der Waals surface area contributed by atoms with Gasteiger partial charge in [0.15, 0.2) is 0 Å². The minimum Gasteiger partial charge on any atom is -0.496 e. The van der Waals surface area contributed by atoms with E-state index in [-0.39, 0.29) is 30.0 Å². The molecule has 2 aromatic rings. The Labute approximate surface area is 184 Å². The van der Waals surface area contributed by atoms with Crippen molar-refractivity contribution in [3.05, 3.63) is 59.4 Å². The predicted octanol–water partition coefficient (Wildman–Crippen LogP) is 2.31. The average Bonchev–Trinajstić information content (AvgIpc) is 3.14. The molecule has 4 rings (SSSR count). The molecule has 32 heavy (non-hydrogen) atoms. The van der Waals surface area contributed by atoms with Crippen LogP contribution in [-0.2, 0) is 14.2 Å². The summed E-state index contributed by atoms with van der Waals surface area (Å²) in [7, 11) is 2.73. The summed E-state index contributed by atoms with van der Waals surface area (Å²) in [5.41, 5.74) is 0.729. The van der Waals surface area contributed by atoms with Gasteiger partial charge >= 0.3 is 5.97 Å². The lowest BCUT2D eigenvalue weighted by atomic mass is 10.1. The Morgan fingerprint density at radius 1 is 1.00 bits per heavy atom. The highest BCUT2D eigenvalue weighted by molar-refractivity contribution is 5.97. The van der Waals surface area contributed by atoms with Crippen LogP contribution in [-0.4, -0.2) is 75.6 Å². The second kappa shape index (κ2) is 9.54. The van der Waals surface area contributed by atoms with Crippen LogP contribution in [0.2, 0.25) is 0 Å². The van der Waals surface area contributed by atoms with E-state index in [4.69, 9.17) is 18.9 Å². The number of nitrogens with zero attached hydrogens (tertiary/aromatic N) is 1. The molecule has 2 atom stereocenters. The van der Waals surface area contributed by atoms with E-state index >= 15 is 0 Å². The summed E-state index contributed by atoms with van der Waals surface area (Å²) in [5, 5.41) is 0. The van der Waals surface area contributed by atoms with Gasteiger partial charge in [0.2, 0.25) is 0 Å². The smallest absolute Gasteiger partial charge is 0.337 e. The first-order chi connectivity index (χ1) is 15.5. The second-order valence-corrected chi connectivity index (χ2v) is 7.55. The molecule has 2 fully saturated rings. The third-order valence-electron chi connectivity index (χ3n) is 5.47. The van der Waals surface area contributed by atoms with Crippen LogP contribution >= 0.6 is 0 Å². The van der Waals surface area contributed by atoms with Gasteiger partial charge in [-0.05, 0) is 36.4 Å². The monoisotopic (exact) mass is 445 g/mol. The second-order valence-electron chi connectivity index (χ2n) is 7.55. The van der Waals surface area contributed by atoms with Crippen LogP contribution in [0.4, 0.5) is 4.39 Å². The van der Waals surface area contributed by atoms with Gasteiger partial charge in [0.1, 0.15) is 35.6 Å². The molecule has 2 saturated heterocycles. The molecule has 8 nitrogen and oxygen atoms in total. The lowest BCUT2D eigenvalue weighted by molar-refractivity contribution is -0.00461. The van der Waals surface area contributed by atoms with Crippen LogP contribution in [0.5, 0.6) is 11.5 Å². The normalized spacial score (nSPS) is 20.9. The van der Waals surface area contributed by atoms with Gasteiger partial charge in [0, 0.05) is 19.2 Å². The van der Waals surface area contributed by atoms with Crippen molar-refractivity contribution in [1.29, 1.82) is 0 Å². The molecule has 2 aromatic carbocycles. The molecule has 170 valence electrons. The van der Waals surface area contributed by atoms with Crippen molar-refractivity contribution >= 4 is 11.9 Å². The summed E-state index contributed by atoms with van der Waals surface area (Å²) in [4.78, 5) is 26.1. The quantitative estimate of drug-likeness (QED) is 0.653. The number of likely N-dealkylation sites (tertiary alicyclic amines) is 1. The first kappa shape index (κ1) is 22.0. The molecule has 0 radical (unpaired) electrons. The maximum atomic E-state index is 13.4. The van der Waals surface area contributed by atoms with Crippen molar-refractivity contribution in [2.75, 3.05) is 40.5 Å². The molecule has 2 heterocycles. The van der Waals surface area contributed by atoms with Gasteiger partial charge in [-0.15, -0.1) is 0 Å². The molecule has 0 N–H and O–H groups in total. The number of benzene rings is 2. The van der Waals surface area contributed by atoms with E-state index in [0.717, 1.165) is 0 Å². The molecule has 0 spiro atoms. The Kier molecular flexibility index (Phi) is 6.57. The highest BCUT2D eigenvalue weighted by Gasteiger charge is 2.40. The Morgan fingerprint density at radius 2 is 1.66 bits per heavy atom. The summed E-state index contributed by atoms with van der Waals surface area (Å²) < 4.78 is 41.2. The zero-order valence-corrected chi connectivity index (χ0v) is 17.8. The summed E-state index contributed by atoms with van der Waals surface area (Å²) in [6, 6.07) is 10.5. The van der Waals surface area contributed by atoms with Gasteiger partial charge in [-0.1, -0.05) is 0 Å². The Balaban J connectivity index is 1.34. The summed E-state index contributed by atoms with van der Waals surface area (Å²) in [6.07, 6.45) is -0.910. The van der Waals surface area contributed by atoms with Gasteiger partial charge in [0.25, 0.3) is 5.91 Å². The number of ether oxygens (including phenoxy) is 5. The van der Waals surface area contributed by atoms with Crippen molar-refractivity contribution in [3.8, 4) is 11.5 Å². The van der Waals surface area contributed by atoms with Crippen molar-refractivity contribution in [1.82, 2.24) is 4.90 Å². The fourth-order valence-corrected chi connectivity index (χ4v) is 3.80. The molecule has 2 aliphatic heterocycles. The third-order valence-corrected chi connectivity index (χ3v) is 5.47. The van der Waals surface area contributed by atoms with Crippen molar-refractivity contribution in [2.24, 2.45) is 0 Å². The van der Waals surface area contributed by atoms with Crippen LogP contribution in [0.3, 0.4) is 0 Å². The number of amides is 1. The average molecular weight is 445 g/mol. The van der Waals surface area contributed by atoms with Gasteiger partial charge in [0.05, 0.1) is 38.6 Å². The number of carbonyl (C=O) groups is 2. The van der Waals surface area contributed by atoms with E-state index in [1.807, 2.05) is 0 Å². The van der Waals surface area contributed by atoms with Crippen molar-refractivity contribution < 1.29 is 37.7 Å². The van der Waals surface area contributed by atoms with E-state index < -0.39 is 11.8 Å². The molecule has 2 aliphatic rings. The number of hydrogen-bond donors (Lipinski definition) is 0. The van der Waals surface area contributed by atoms with Crippen LogP contribution < -0.4 is 9.47 Å². The number of methoxy groups -OCH3 is 2. The van der Waals surface area contributed by atoms with Crippen LogP contribution in [0.25, 0.3) is 0 Å². The molecular formula is C23H24FNO7. The lowest BCUT2D eigenvalue weighted by Gasteiger charge is -2.20. The number of carbonyl (C=O) groups excluding carboxylic acids is 2. The molecule has 0 aromatic heterocycles. The zero-order valence-electron chi connectivity index (χ0n) is 17.8. The molecular weight excluding hydrogens is 421 g/mol. The first-order valence-electron chi connectivity index (χ1n) is 10.2. The largest absolute Gasteiger partial charge is 0.496 e. The SMILES string of the molecule is COC(=O)c1ccc(OC2CO[C@H]3CN(C(=O)c4ccc(F)cc4OC)C[C@@H]3OC2)cc1. The van der Waals surface area contributed by atoms with Gasteiger partial charge < -0.3 is 28.6 Å². The fourth-order valence-electron chi connectivity index (χ4n) is 3.80. The summed E-state index contributed by atoms with van der Waals surface area (Å²) >= 11 is 0. The Bertz CT molecular complexity index is 965. The maximum Gasteiger partial charge on any atom is 0.337 e. The van der Waals surface area contributed by atoms with E-state index in [9.17, 15) is 14.0 Å². The van der Waals surface area contributed by atoms with Gasteiger partial charge in [-0.3, -0.25) is 4.79 Å². The standard InChI is InChI=1S/C23H24FNO7/c1-28-19-9-15(24)5-8-18(19)22(26)25-10-20-21(11-25)31-13-17(12-30-20)32-16-6-3-14(4-7-16)23(27)29-2/h3-9,17,20-21H,10-13H2,1-2H3/t20-,21-/m0/s1. The van der Waals surface area contributed by atoms with E-state index in [1.165, 1.54) is 32.4 Å². The highest BCUT2D eigenvalue weighted by Crippen LogP contribution is 2.27. The van der Waals surface area contributed by atoms with E-state index in [0.29, 0.717) is 43.2 Å². The fraction of sp³-hybridized carbons (Fsp3) is 0.391. The van der Waals surface area contributed by atoms with Crippen molar-refractivity contribution in [3.63, 3.8) is 0 Å². The molecule has 0 unspecified atom stereocenters. The van der Waals surface area contributed by atoms with Gasteiger partial charge in [-0.2, -0.15) is 0 Å². The van der Waals surface area contributed by atoms with Crippen molar-refractivity contribution in [2.45, 2.75) is 18.3 Å². The van der Waals surface area contributed by atoms with E-state index in [1.54, 1.807) is 29.2 Å². The maximum absolute atomic E-state index is 13.4. The molecule has 0 saturated carbocycles. The Hall–Kier alpha value is -3.17. The summed E-state index contributed by atoms with van der Waals surface area (Å²) in [6.45, 7) is 1.29. The number of hydrogen-bond acceptors (Lipinski definition) is 7. The Morgan fingerprint density at radius 3 is 2.25 bits per heavy atom. The first-order valence-corrected chi connectivity index (χ1v) is 10.2. The van der Waals surface area contributed by atoms with E-state index in [2.05, 4.69) is 4.74 Å².